The molecule has 24 heavy (non-hydrogen) atoms. The van der Waals surface area contributed by atoms with E-state index in [0.29, 0.717) is 18.8 Å². The second-order valence-electron chi connectivity index (χ2n) is 6.35. The van der Waals surface area contributed by atoms with Crippen LogP contribution in [0.4, 0.5) is 4.39 Å². The van der Waals surface area contributed by atoms with Gasteiger partial charge in [-0.2, -0.15) is 5.10 Å². The Morgan fingerprint density at radius 1 is 1.29 bits per heavy atom. The molecule has 0 radical (unpaired) electrons. The lowest BCUT2D eigenvalue weighted by atomic mass is 10.0. The number of amides is 1. The van der Waals surface area contributed by atoms with Crippen LogP contribution in [0.25, 0.3) is 5.69 Å². The molecule has 6 heteroatoms. The van der Waals surface area contributed by atoms with E-state index in [0.717, 1.165) is 24.2 Å². The summed E-state index contributed by atoms with van der Waals surface area (Å²) >= 11 is 0. The molecule has 0 aliphatic carbocycles. The van der Waals surface area contributed by atoms with E-state index in [1.54, 1.807) is 23.0 Å². The van der Waals surface area contributed by atoms with Crippen molar-refractivity contribution in [3.05, 3.63) is 47.5 Å². The van der Waals surface area contributed by atoms with E-state index >= 15 is 0 Å². The first-order valence-electron chi connectivity index (χ1n) is 8.28. The van der Waals surface area contributed by atoms with Crippen molar-refractivity contribution in [2.75, 3.05) is 13.2 Å². The second-order valence-corrected chi connectivity index (χ2v) is 6.35. The van der Waals surface area contributed by atoms with Gasteiger partial charge in [0.25, 0.3) is 5.91 Å². The van der Waals surface area contributed by atoms with Gasteiger partial charge in [0.05, 0.1) is 23.1 Å². The Morgan fingerprint density at radius 3 is 2.58 bits per heavy atom. The van der Waals surface area contributed by atoms with Crippen LogP contribution in [0.5, 0.6) is 0 Å². The van der Waals surface area contributed by atoms with E-state index in [2.05, 4.69) is 10.4 Å². The highest BCUT2D eigenvalue weighted by atomic mass is 19.1. The van der Waals surface area contributed by atoms with Crippen LogP contribution >= 0.6 is 0 Å². The Bertz CT molecular complexity index is 704. The van der Waals surface area contributed by atoms with Crippen molar-refractivity contribution in [1.29, 1.82) is 0 Å². The molecule has 0 spiro atoms. The van der Waals surface area contributed by atoms with Crippen LogP contribution in [0.2, 0.25) is 0 Å². The summed E-state index contributed by atoms with van der Waals surface area (Å²) in [7, 11) is 0. The van der Waals surface area contributed by atoms with Gasteiger partial charge in [-0.25, -0.2) is 9.07 Å². The van der Waals surface area contributed by atoms with E-state index in [4.69, 9.17) is 4.74 Å². The van der Waals surface area contributed by atoms with Crippen LogP contribution in [-0.4, -0.2) is 34.9 Å². The maximum absolute atomic E-state index is 13.2. The molecule has 2 aromatic rings. The van der Waals surface area contributed by atoms with Crippen LogP contribution < -0.4 is 5.32 Å². The van der Waals surface area contributed by atoms with Crippen molar-refractivity contribution in [2.24, 2.45) is 0 Å². The molecule has 1 amide bonds. The minimum Gasteiger partial charge on any atom is -0.381 e. The van der Waals surface area contributed by atoms with Crippen LogP contribution in [0, 0.1) is 5.82 Å². The zero-order valence-corrected chi connectivity index (χ0v) is 14.0. The van der Waals surface area contributed by atoms with Crippen LogP contribution in [0.3, 0.4) is 0 Å². The van der Waals surface area contributed by atoms with Gasteiger partial charge < -0.3 is 10.1 Å². The average Bonchev–Trinajstić information content (AvgIpc) is 3.02. The number of halogens is 1. The standard InChI is InChI=1S/C18H22FN3O2/c1-12(2)17-16(18(23)21-14-7-9-24-10-8-14)11-20-22(17)15-5-3-13(19)4-6-15/h3-6,11-12,14H,7-10H2,1-2H3,(H,21,23). The van der Waals surface area contributed by atoms with E-state index in [1.807, 2.05) is 13.8 Å². The third-order valence-corrected chi connectivity index (χ3v) is 4.23. The third-order valence-electron chi connectivity index (χ3n) is 4.23. The number of hydrogen-bond donors (Lipinski definition) is 1. The molecule has 1 aliphatic heterocycles. The van der Waals surface area contributed by atoms with Gasteiger partial charge in [0.2, 0.25) is 0 Å². The number of nitrogens with one attached hydrogen (secondary N) is 1. The monoisotopic (exact) mass is 331 g/mol. The highest BCUT2D eigenvalue weighted by molar-refractivity contribution is 5.95. The Balaban J connectivity index is 1.88. The summed E-state index contributed by atoms with van der Waals surface area (Å²) in [5.74, 6) is -0.304. The quantitative estimate of drug-likeness (QED) is 0.937. The molecule has 0 unspecified atom stereocenters. The number of benzene rings is 1. The molecule has 0 bridgehead atoms. The molecule has 1 fully saturated rings. The minimum absolute atomic E-state index is 0.105. The lowest BCUT2D eigenvalue weighted by Gasteiger charge is -2.23. The van der Waals surface area contributed by atoms with Crippen LogP contribution in [0.15, 0.2) is 30.5 Å². The normalized spacial score (nSPS) is 15.7. The zero-order chi connectivity index (χ0) is 17.1. The molecule has 1 saturated heterocycles. The summed E-state index contributed by atoms with van der Waals surface area (Å²) < 4.78 is 20.2. The fraction of sp³-hybridized carbons (Fsp3) is 0.444. The molecule has 5 nitrogen and oxygen atoms in total. The molecular weight excluding hydrogens is 309 g/mol. The first kappa shape index (κ1) is 16.6. The number of rotatable bonds is 4. The van der Waals surface area contributed by atoms with Crippen molar-refractivity contribution in [1.82, 2.24) is 15.1 Å². The molecule has 0 saturated carbocycles. The number of hydrogen-bond acceptors (Lipinski definition) is 3. The lowest BCUT2D eigenvalue weighted by molar-refractivity contribution is 0.0696. The first-order chi connectivity index (χ1) is 11.6. The third kappa shape index (κ3) is 3.48. The molecule has 128 valence electrons. The van der Waals surface area contributed by atoms with Gasteiger partial charge in [0, 0.05) is 19.3 Å². The molecular formula is C18H22FN3O2. The number of carbonyl (C=O) groups is 1. The predicted octanol–water partition coefficient (Wildman–Crippen LogP) is 3.04. The van der Waals surface area contributed by atoms with Gasteiger partial charge >= 0.3 is 0 Å². The second kappa shape index (κ2) is 7.13. The zero-order valence-electron chi connectivity index (χ0n) is 14.0. The van der Waals surface area contributed by atoms with Crippen molar-refractivity contribution >= 4 is 5.91 Å². The highest BCUT2D eigenvalue weighted by Crippen LogP contribution is 2.23. The molecule has 1 aliphatic rings. The molecule has 2 heterocycles. The predicted molar refractivity (Wildman–Crippen MR) is 88.9 cm³/mol. The van der Waals surface area contributed by atoms with Crippen molar-refractivity contribution in [3.63, 3.8) is 0 Å². The fourth-order valence-electron chi connectivity index (χ4n) is 2.98. The van der Waals surface area contributed by atoms with E-state index in [9.17, 15) is 9.18 Å². The van der Waals surface area contributed by atoms with E-state index < -0.39 is 0 Å². The van der Waals surface area contributed by atoms with Crippen molar-refractivity contribution < 1.29 is 13.9 Å². The Labute approximate surface area is 140 Å². The van der Waals surface area contributed by atoms with Crippen molar-refractivity contribution in [3.8, 4) is 5.69 Å². The first-order valence-corrected chi connectivity index (χ1v) is 8.28. The summed E-state index contributed by atoms with van der Waals surface area (Å²) in [5.41, 5.74) is 2.14. The SMILES string of the molecule is CC(C)c1c(C(=O)NC2CCOCC2)cnn1-c1ccc(F)cc1. The molecule has 3 rings (SSSR count). The van der Waals surface area contributed by atoms with Gasteiger partial charge in [-0.05, 0) is 43.0 Å². The van der Waals surface area contributed by atoms with E-state index in [1.165, 1.54) is 12.1 Å². The number of carbonyl (C=O) groups excluding carboxylic acids is 1. The number of nitrogens with zero attached hydrogens (tertiary/aromatic N) is 2. The summed E-state index contributed by atoms with van der Waals surface area (Å²) in [6.45, 7) is 5.39. The summed E-state index contributed by atoms with van der Waals surface area (Å²) in [5, 5.41) is 7.43. The van der Waals surface area contributed by atoms with Gasteiger partial charge in [-0.3, -0.25) is 4.79 Å². The van der Waals surface area contributed by atoms with E-state index in [-0.39, 0.29) is 23.7 Å². The smallest absolute Gasteiger partial charge is 0.255 e. The summed E-state index contributed by atoms with van der Waals surface area (Å²) in [6.07, 6.45) is 3.25. The maximum Gasteiger partial charge on any atom is 0.255 e. The Kier molecular flexibility index (Phi) is 4.94. The summed E-state index contributed by atoms with van der Waals surface area (Å²) in [4.78, 5) is 12.7. The average molecular weight is 331 g/mol. The highest BCUT2D eigenvalue weighted by Gasteiger charge is 2.23. The van der Waals surface area contributed by atoms with Gasteiger partial charge in [-0.1, -0.05) is 13.8 Å². The van der Waals surface area contributed by atoms with Gasteiger partial charge in [-0.15, -0.1) is 0 Å². The fourth-order valence-corrected chi connectivity index (χ4v) is 2.98. The van der Waals surface area contributed by atoms with Crippen LogP contribution in [0.1, 0.15) is 48.7 Å². The van der Waals surface area contributed by atoms with Crippen molar-refractivity contribution in [2.45, 2.75) is 38.6 Å². The largest absolute Gasteiger partial charge is 0.381 e. The number of aromatic nitrogens is 2. The lowest BCUT2D eigenvalue weighted by Crippen LogP contribution is -2.39. The summed E-state index contributed by atoms with van der Waals surface area (Å²) in [6, 6.07) is 6.24. The van der Waals surface area contributed by atoms with Gasteiger partial charge in [0.1, 0.15) is 5.82 Å². The molecule has 1 aromatic carbocycles. The molecule has 1 N–H and O–H groups in total. The maximum atomic E-state index is 13.2. The van der Waals surface area contributed by atoms with Crippen LogP contribution in [-0.2, 0) is 4.74 Å². The Morgan fingerprint density at radius 2 is 1.96 bits per heavy atom. The Hall–Kier alpha value is -2.21. The minimum atomic E-state index is -0.297. The van der Waals surface area contributed by atoms with Gasteiger partial charge in [0.15, 0.2) is 0 Å². The molecule has 0 atom stereocenters. The number of ether oxygens (including phenoxy) is 1. The molecule has 1 aromatic heterocycles. The topological polar surface area (TPSA) is 56.1 Å².